The van der Waals surface area contributed by atoms with Crippen LogP contribution in [-0.4, -0.2) is 13.1 Å². The van der Waals surface area contributed by atoms with Gasteiger partial charge in [-0.25, -0.2) is 4.39 Å². The third kappa shape index (κ3) is 5.19. The average Bonchev–Trinajstić information content (AvgIpc) is 2.23. The van der Waals surface area contributed by atoms with E-state index in [0.717, 1.165) is 31.5 Å². The molecule has 0 amide bonds. The quantitative estimate of drug-likeness (QED) is 0.575. The molecule has 15 heavy (non-hydrogen) atoms. The molecule has 1 nitrogen and oxygen atoms in total. The highest BCUT2D eigenvalue weighted by molar-refractivity contribution is 5.16. The minimum Gasteiger partial charge on any atom is -0.315 e. The van der Waals surface area contributed by atoms with Crippen molar-refractivity contribution in [2.24, 2.45) is 0 Å². The molecule has 0 aliphatic heterocycles. The topological polar surface area (TPSA) is 12.0 Å². The smallest absolute Gasteiger partial charge is 0.123 e. The van der Waals surface area contributed by atoms with Gasteiger partial charge in [0, 0.05) is 13.0 Å². The first-order valence-electron chi connectivity index (χ1n) is 5.17. The lowest BCUT2D eigenvalue weighted by Crippen LogP contribution is -2.18. The molecule has 0 aliphatic carbocycles. The van der Waals surface area contributed by atoms with Crippen molar-refractivity contribution < 1.29 is 4.39 Å². The van der Waals surface area contributed by atoms with Gasteiger partial charge in [0.25, 0.3) is 0 Å². The molecule has 0 spiro atoms. The Morgan fingerprint density at radius 3 is 2.93 bits per heavy atom. The van der Waals surface area contributed by atoms with Gasteiger partial charge >= 0.3 is 0 Å². The summed E-state index contributed by atoms with van der Waals surface area (Å²) in [5.41, 5.74) is 1.03. The molecule has 0 saturated heterocycles. The Balaban J connectivity index is 2.16. The molecule has 1 aromatic rings. The molecule has 0 atom stereocenters. The van der Waals surface area contributed by atoms with Crippen LogP contribution in [-0.2, 0) is 6.42 Å². The fraction of sp³-hybridized carbons (Fsp3) is 0.385. The fourth-order valence-corrected chi connectivity index (χ4v) is 1.33. The molecule has 0 aliphatic rings. The van der Waals surface area contributed by atoms with Crippen LogP contribution in [0.4, 0.5) is 4.39 Å². The number of rotatable bonds is 5. The van der Waals surface area contributed by atoms with E-state index in [4.69, 9.17) is 0 Å². The molecular weight excluding hydrogens is 189 g/mol. The van der Waals surface area contributed by atoms with Crippen molar-refractivity contribution in [3.05, 3.63) is 35.6 Å². The summed E-state index contributed by atoms with van der Waals surface area (Å²) >= 11 is 0. The molecule has 0 fully saturated rings. The normalized spacial score (nSPS) is 9.47. The minimum absolute atomic E-state index is 0.163. The summed E-state index contributed by atoms with van der Waals surface area (Å²) in [5, 5.41) is 3.26. The third-order valence-corrected chi connectivity index (χ3v) is 2.08. The number of halogens is 1. The van der Waals surface area contributed by atoms with Gasteiger partial charge in [0.15, 0.2) is 0 Å². The van der Waals surface area contributed by atoms with E-state index in [2.05, 4.69) is 17.2 Å². The first-order valence-corrected chi connectivity index (χ1v) is 5.17. The molecule has 0 radical (unpaired) electrons. The first-order chi connectivity index (χ1) is 7.33. The van der Waals surface area contributed by atoms with Gasteiger partial charge in [0.1, 0.15) is 5.82 Å². The van der Waals surface area contributed by atoms with Gasteiger partial charge in [-0.3, -0.25) is 0 Å². The van der Waals surface area contributed by atoms with Gasteiger partial charge in [-0.1, -0.05) is 12.1 Å². The molecule has 80 valence electrons. The van der Waals surface area contributed by atoms with Crippen molar-refractivity contribution >= 4 is 0 Å². The molecule has 1 aromatic carbocycles. The molecule has 0 unspecified atom stereocenters. The van der Waals surface area contributed by atoms with Crippen LogP contribution in [0.25, 0.3) is 0 Å². The second-order valence-electron chi connectivity index (χ2n) is 3.31. The number of nitrogens with one attached hydrogen (secondary N) is 1. The third-order valence-electron chi connectivity index (χ3n) is 2.08. The highest BCUT2D eigenvalue weighted by Crippen LogP contribution is 2.03. The Labute approximate surface area is 90.7 Å². The van der Waals surface area contributed by atoms with Crippen LogP contribution in [0.3, 0.4) is 0 Å². The molecule has 0 heterocycles. The van der Waals surface area contributed by atoms with E-state index >= 15 is 0 Å². The second-order valence-corrected chi connectivity index (χ2v) is 3.31. The van der Waals surface area contributed by atoms with E-state index in [1.54, 1.807) is 12.1 Å². The van der Waals surface area contributed by atoms with E-state index in [1.807, 2.05) is 13.0 Å². The largest absolute Gasteiger partial charge is 0.315 e. The van der Waals surface area contributed by atoms with Crippen LogP contribution >= 0.6 is 0 Å². The van der Waals surface area contributed by atoms with Crippen molar-refractivity contribution in [2.45, 2.75) is 19.8 Å². The monoisotopic (exact) mass is 205 g/mol. The Bertz CT molecular complexity index is 349. The van der Waals surface area contributed by atoms with Gasteiger partial charge in [-0.2, -0.15) is 0 Å². The molecular formula is C13H16FN. The molecule has 0 aromatic heterocycles. The van der Waals surface area contributed by atoms with E-state index in [9.17, 15) is 4.39 Å². The summed E-state index contributed by atoms with van der Waals surface area (Å²) < 4.78 is 12.8. The predicted molar refractivity (Wildman–Crippen MR) is 61.0 cm³/mol. The summed E-state index contributed by atoms with van der Waals surface area (Å²) in [4.78, 5) is 0. The van der Waals surface area contributed by atoms with E-state index < -0.39 is 0 Å². The lowest BCUT2D eigenvalue weighted by Gasteiger charge is -2.02. The average molecular weight is 205 g/mol. The van der Waals surface area contributed by atoms with Crippen LogP contribution in [0.5, 0.6) is 0 Å². The molecule has 1 rings (SSSR count). The van der Waals surface area contributed by atoms with E-state index in [-0.39, 0.29) is 5.82 Å². The maximum absolute atomic E-state index is 12.8. The van der Waals surface area contributed by atoms with Crippen LogP contribution < -0.4 is 5.32 Å². The first kappa shape index (κ1) is 11.7. The van der Waals surface area contributed by atoms with Gasteiger partial charge in [0.05, 0.1) is 0 Å². The Morgan fingerprint density at radius 2 is 2.20 bits per heavy atom. The maximum atomic E-state index is 12.8. The fourth-order valence-electron chi connectivity index (χ4n) is 1.33. The molecule has 2 heteroatoms. The van der Waals surface area contributed by atoms with Crippen LogP contribution in [0.15, 0.2) is 24.3 Å². The maximum Gasteiger partial charge on any atom is 0.123 e. The molecule has 0 bridgehead atoms. The van der Waals surface area contributed by atoms with Gasteiger partial charge in [-0.15, -0.1) is 11.8 Å². The lowest BCUT2D eigenvalue weighted by molar-refractivity contribution is 0.623. The van der Waals surface area contributed by atoms with E-state index in [1.165, 1.54) is 6.07 Å². The zero-order valence-electron chi connectivity index (χ0n) is 9.02. The summed E-state index contributed by atoms with van der Waals surface area (Å²) in [6, 6.07) is 6.73. The highest BCUT2D eigenvalue weighted by Gasteiger charge is 1.94. The summed E-state index contributed by atoms with van der Waals surface area (Å²) in [7, 11) is 0. The van der Waals surface area contributed by atoms with Crippen LogP contribution in [0.1, 0.15) is 18.9 Å². The standard InChI is InChI=1S/C13H16FN/c1-2-3-4-9-15-10-8-12-6-5-7-13(14)11-12/h5-7,11,15H,4,8-10H2,1H3. The van der Waals surface area contributed by atoms with Crippen LogP contribution in [0, 0.1) is 17.7 Å². The second kappa shape index (κ2) is 7.03. The van der Waals surface area contributed by atoms with Gasteiger partial charge in [-0.05, 0) is 37.6 Å². The SMILES string of the molecule is CC#CCCNCCc1cccc(F)c1. The van der Waals surface area contributed by atoms with Crippen molar-refractivity contribution in [1.82, 2.24) is 5.32 Å². The molecule has 1 N–H and O–H groups in total. The Morgan fingerprint density at radius 1 is 1.33 bits per heavy atom. The van der Waals surface area contributed by atoms with Crippen molar-refractivity contribution in [3.63, 3.8) is 0 Å². The van der Waals surface area contributed by atoms with Crippen molar-refractivity contribution in [2.75, 3.05) is 13.1 Å². The van der Waals surface area contributed by atoms with Crippen molar-refractivity contribution in [1.29, 1.82) is 0 Å². The van der Waals surface area contributed by atoms with Gasteiger partial charge in [0.2, 0.25) is 0 Å². The van der Waals surface area contributed by atoms with Gasteiger partial charge < -0.3 is 5.32 Å². The number of hydrogen-bond donors (Lipinski definition) is 1. The number of hydrogen-bond acceptors (Lipinski definition) is 1. The summed E-state index contributed by atoms with van der Waals surface area (Å²) in [6.07, 6.45) is 1.73. The van der Waals surface area contributed by atoms with Crippen LogP contribution in [0.2, 0.25) is 0 Å². The summed E-state index contributed by atoms with van der Waals surface area (Å²) in [6.45, 7) is 3.61. The van der Waals surface area contributed by atoms with E-state index in [0.29, 0.717) is 0 Å². The summed E-state index contributed by atoms with van der Waals surface area (Å²) in [5.74, 6) is 5.67. The predicted octanol–water partition coefficient (Wildman–Crippen LogP) is 2.37. The highest BCUT2D eigenvalue weighted by atomic mass is 19.1. The Hall–Kier alpha value is -1.33. The number of benzene rings is 1. The zero-order chi connectivity index (χ0) is 10.9. The zero-order valence-corrected chi connectivity index (χ0v) is 9.02. The minimum atomic E-state index is -0.163. The Kier molecular flexibility index (Phi) is 5.50. The molecule has 0 saturated carbocycles. The lowest BCUT2D eigenvalue weighted by atomic mass is 10.1. The van der Waals surface area contributed by atoms with Crippen molar-refractivity contribution in [3.8, 4) is 11.8 Å².